The van der Waals surface area contributed by atoms with Gasteiger partial charge in [0, 0.05) is 9.81 Å². The fourth-order valence-corrected chi connectivity index (χ4v) is 1.25. The molecule has 3 nitrogen and oxygen atoms in total. The fourth-order valence-electron chi connectivity index (χ4n) is 0.646. The molecule has 0 heterocycles. The number of hydrogen-bond acceptors (Lipinski definition) is 2. The molecule has 4 heteroatoms. The average molecular weight is 165 g/mol. The highest BCUT2D eigenvalue weighted by molar-refractivity contribution is 7.99. The second-order valence-electron chi connectivity index (χ2n) is 1.82. The molecule has 0 aromatic heterocycles. The number of hydrogen-bond donors (Lipinski definition) is 0. The SMILES string of the molecule is [N-]=[N+]=NCSc1ccccc1. The maximum absolute atomic E-state index is 7.99. The molecule has 0 aliphatic heterocycles. The summed E-state index contributed by atoms with van der Waals surface area (Å²) in [6, 6.07) is 9.84. The normalized spacial score (nSPS) is 8.73. The zero-order valence-electron chi connectivity index (χ0n) is 5.84. The minimum absolute atomic E-state index is 0.459. The van der Waals surface area contributed by atoms with Crippen LogP contribution in [0.2, 0.25) is 0 Å². The summed E-state index contributed by atoms with van der Waals surface area (Å²) in [5, 5.41) is 3.41. The summed E-state index contributed by atoms with van der Waals surface area (Å²) < 4.78 is 0. The topological polar surface area (TPSA) is 48.8 Å². The van der Waals surface area contributed by atoms with E-state index in [-0.39, 0.29) is 0 Å². The molecule has 1 aromatic carbocycles. The molecule has 0 atom stereocenters. The van der Waals surface area contributed by atoms with Gasteiger partial charge in [0.25, 0.3) is 0 Å². The first-order valence-corrected chi connectivity index (χ1v) is 4.11. The minimum atomic E-state index is 0.459. The van der Waals surface area contributed by atoms with E-state index in [4.69, 9.17) is 5.53 Å². The van der Waals surface area contributed by atoms with Gasteiger partial charge in [0.1, 0.15) is 0 Å². The van der Waals surface area contributed by atoms with Gasteiger partial charge in [-0.15, -0.1) is 11.8 Å². The molecule has 0 spiro atoms. The summed E-state index contributed by atoms with van der Waals surface area (Å²) in [4.78, 5) is 3.78. The second kappa shape index (κ2) is 4.66. The molecule has 0 aliphatic carbocycles. The number of azide groups is 1. The molecule has 0 saturated carbocycles. The van der Waals surface area contributed by atoms with E-state index in [0.29, 0.717) is 5.88 Å². The highest BCUT2D eigenvalue weighted by Crippen LogP contribution is 2.16. The van der Waals surface area contributed by atoms with E-state index >= 15 is 0 Å². The number of rotatable bonds is 3. The predicted molar refractivity (Wildman–Crippen MR) is 46.3 cm³/mol. The molecule has 0 unspecified atom stereocenters. The van der Waals surface area contributed by atoms with Crippen molar-refractivity contribution in [1.29, 1.82) is 0 Å². The van der Waals surface area contributed by atoms with E-state index in [1.807, 2.05) is 30.3 Å². The molecular formula is C7H7N3S. The van der Waals surface area contributed by atoms with Crippen molar-refractivity contribution in [1.82, 2.24) is 0 Å². The van der Waals surface area contributed by atoms with Crippen molar-refractivity contribution in [2.24, 2.45) is 5.11 Å². The summed E-state index contributed by atoms with van der Waals surface area (Å²) in [5.74, 6) is 0.459. The summed E-state index contributed by atoms with van der Waals surface area (Å²) in [5.41, 5.74) is 7.99. The summed E-state index contributed by atoms with van der Waals surface area (Å²) in [6.45, 7) is 0. The van der Waals surface area contributed by atoms with Crippen LogP contribution in [-0.4, -0.2) is 5.88 Å². The van der Waals surface area contributed by atoms with E-state index in [2.05, 4.69) is 10.0 Å². The van der Waals surface area contributed by atoms with E-state index in [1.54, 1.807) is 0 Å². The van der Waals surface area contributed by atoms with Crippen LogP contribution < -0.4 is 0 Å². The Morgan fingerprint density at radius 1 is 1.36 bits per heavy atom. The Morgan fingerprint density at radius 2 is 2.09 bits per heavy atom. The average Bonchev–Trinajstić information content (AvgIpc) is 2.07. The Bertz CT molecular complexity index is 254. The van der Waals surface area contributed by atoms with E-state index in [0.717, 1.165) is 4.90 Å². The molecule has 56 valence electrons. The molecule has 0 aliphatic rings. The van der Waals surface area contributed by atoms with Crippen molar-refractivity contribution in [3.8, 4) is 0 Å². The lowest BCUT2D eigenvalue weighted by atomic mass is 10.4. The highest BCUT2D eigenvalue weighted by Gasteiger charge is 1.87. The van der Waals surface area contributed by atoms with Crippen molar-refractivity contribution in [2.45, 2.75) is 4.90 Å². The van der Waals surface area contributed by atoms with Crippen LogP contribution in [0.3, 0.4) is 0 Å². The van der Waals surface area contributed by atoms with Crippen molar-refractivity contribution in [3.63, 3.8) is 0 Å². The fraction of sp³-hybridized carbons (Fsp3) is 0.143. The van der Waals surface area contributed by atoms with Crippen LogP contribution in [0.4, 0.5) is 0 Å². The minimum Gasteiger partial charge on any atom is -0.120 e. The van der Waals surface area contributed by atoms with Crippen LogP contribution in [0.5, 0.6) is 0 Å². The maximum atomic E-state index is 7.99. The molecule has 0 bridgehead atoms. The van der Waals surface area contributed by atoms with Gasteiger partial charge in [0.2, 0.25) is 0 Å². The number of nitrogens with zero attached hydrogens (tertiary/aromatic N) is 3. The van der Waals surface area contributed by atoms with Gasteiger partial charge in [-0.1, -0.05) is 23.3 Å². The quantitative estimate of drug-likeness (QED) is 0.294. The Labute approximate surface area is 69.1 Å². The zero-order valence-corrected chi connectivity index (χ0v) is 6.66. The first kappa shape index (κ1) is 7.98. The largest absolute Gasteiger partial charge is 0.120 e. The molecule has 1 aromatic rings. The second-order valence-corrected chi connectivity index (χ2v) is 2.84. The monoisotopic (exact) mass is 165 g/mol. The third-order valence-corrected chi connectivity index (χ3v) is 1.95. The van der Waals surface area contributed by atoms with Crippen LogP contribution in [0.15, 0.2) is 40.3 Å². The molecular weight excluding hydrogens is 158 g/mol. The van der Waals surface area contributed by atoms with Gasteiger partial charge in [-0.05, 0) is 17.7 Å². The molecule has 0 N–H and O–H groups in total. The standard InChI is InChI=1S/C7H7N3S/c8-10-9-6-11-7-4-2-1-3-5-7/h1-5H,6H2. The Balaban J connectivity index is 2.45. The summed E-state index contributed by atoms with van der Waals surface area (Å²) in [6.07, 6.45) is 0. The van der Waals surface area contributed by atoms with Gasteiger partial charge in [-0.25, -0.2) is 0 Å². The van der Waals surface area contributed by atoms with Gasteiger partial charge in [0.05, 0.1) is 5.88 Å². The predicted octanol–water partition coefficient (Wildman–Crippen LogP) is 3.05. The van der Waals surface area contributed by atoms with Crippen molar-refractivity contribution in [2.75, 3.05) is 5.88 Å². The lowest BCUT2D eigenvalue weighted by molar-refractivity contribution is 1.32. The molecule has 11 heavy (non-hydrogen) atoms. The van der Waals surface area contributed by atoms with Crippen molar-refractivity contribution in [3.05, 3.63) is 40.8 Å². The van der Waals surface area contributed by atoms with Crippen LogP contribution in [-0.2, 0) is 0 Å². The zero-order chi connectivity index (χ0) is 7.94. The van der Waals surface area contributed by atoms with E-state index in [1.165, 1.54) is 11.8 Å². The first-order valence-electron chi connectivity index (χ1n) is 3.12. The third kappa shape index (κ3) is 2.98. The summed E-state index contributed by atoms with van der Waals surface area (Å²) >= 11 is 1.52. The van der Waals surface area contributed by atoms with Crippen LogP contribution in [0.1, 0.15) is 0 Å². The van der Waals surface area contributed by atoms with E-state index < -0.39 is 0 Å². The number of benzene rings is 1. The highest BCUT2D eigenvalue weighted by atomic mass is 32.2. The van der Waals surface area contributed by atoms with Crippen molar-refractivity contribution >= 4 is 11.8 Å². The number of thioether (sulfide) groups is 1. The molecule has 0 amide bonds. The molecule has 0 saturated heterocycles. The van der Waals surface area contributed by atoms with Crippen LogP contribution in [0.25, 0.3) is 10.4 Å². The Kier molecular flexibility index (Phi) is 3.38. The smallest absolute Gasteiger partial charge is 0.0768 e. The Morgan fingerprint density at radius 3 is 2.73 bits per heavy atom. The van der Waals surface area contributed by atoms with E-state index in [9.17, 15) is 0 Å². The van der Waals surface area contributed by atoms with Gasteiger partial charge in [-0.3, -0.25) is 0 Å². The maximum Gasteiger partial charge on any atom is 0.0768 e. The molecule has 0 fully saturated rings. The molecule has 1 rings (SSSR count). The Hall–Kier alpha value is -1.12. The van der Waals surface area contributed by atoms with Crippen molar-refractivity contribution < 1.29 is 0 Å². The lowest BCUT2D eigenvalue weighted by Gasteiger charge is -1.93. The molecule has 0 radical (unpaired) electrons. The van der Waals surface area contributed by atoms with Crippen LogP contribution >= 0.6 is 11.8 Å². The van der Waals surface area contributed by atoms with Gasteiger partial charge in [-0.2, -0.15) is 0 Å². The van der Waals surface area contributed by atoms with Crippen LogP contribution in [0, 0.1) is 0 Å². The van der Waals surface area contributed by atoms with Gasteiger partial charge in [0.15, 0.2) is 0 Å². The van der Waals surface area contributed by atoms with Gasteiger partial charge < -0.3 is 0 Å². The lowest BCUT2D eigenvalue weighted by Crippen LogP contribution is -1.70. The van der Waals surface area contributed by atoms with Gasteiger partial charge >= 0.3 is 0 Å². The third-order valence-electron chi connectivity index (χ3n) is 1.10. The first-order chi connectivity index (χ1) is 5.43. The summed E-state index contributed by atoms with van der Waals surface area (Å²) in [7, 11) is 0.